The molecule has 0 spiro atoms. The summed E-state index contributed by atoms with van der Waals surface area (Å²) in [5, 5.41) is 0. The van der Waals surface area contributed by atoms with E-state index in [-0.39, 0.29) is 17.9 Å². The molecule has 0 fully saturated rings. The van der Waals surface area contributed by atoms with E-state index in [1.54, 1.807) is 0 Å². The fourth-order valence-electron chi connectivity index (χ4n) is 2.21. The molecule has 0 saturated heterocycles. The molecule has 0 aromatic heterocycles. The summed E-state index contributed by atoms with van der Waals surface area (Å²) in [6.45, 7) is 6.75. The van der Waals surface area contributed by atoms with E-state index >= 15 is 0 Å². The molecule has 0 aliphatic heterocycles. The highest BCUT2D eigenvalue weighted by Crippen LogP contribution is 2.34. The predicted molar refractivity (Wildman–Crippen MR) is 77.9 cm³/mol. The van der Waals surface area contributed by atoms with Crippen LogP contribution in [0.1, 0.15) is 39.2 Å². The Bertz CT molecular complexity index is 409. The molecule has 1 atom stereocenters. The van der Waals surface area contributed by atoms with Gasteiger partial charge >= 0.3 is 5.97 Å². The minimum Gasteiger partial charge on any atom is -0.468 e. The van der Waals surface area contributed by atoms with Crippen molar-refractivity contribution in [3.8, 4) is 0 Å². The van der Waals surface area contributed by atoms with Crippen molar-refractivity contribution in [2.75, 3.05) is 13.7 Å². The third-order valence-corrected chi connectivity index (χ3v) is 3.55. The van der Waals surface area contributed by atoms with Crippen molar-refractivity contribution < 1.29 is 9.53 Å². The molecule has 1 unspecified atom stereocenters. The molecule has 3 nitrogen and oxygen atoms in total. The Hall–Kier alpha value is -1.35. The van der Waals surface area contributed by atoms with E-state index in [9.17, 15) is 4.79 Å². The summed E-state index contributed by atoms with van der Waals surface area (Å²) in [7, 11) is 1.42. The number of carbonyl (C=O) groups is 1. The largest absolute Gasteiger partial charge is 0.468 e. The zero-order chi connectivity index (χ0) is 14.5. The highest BCUT2D eigenvalue weighted by Gasteiger charge is 2.40. The average Bonchev–Trinajstić information content (AvgIpc) is 2.39. The highest BCUT2D eigenvalue weighted by molar-refractivity contribution is 5.83. The van der Waals surface area contributed by atoms with Crippen molar-refractivity contribution >= 4 is 5.97 Å². The molecule has 0 radical (unpaired) electrons. The number of hydrogen-bond donors (Lipinski definition) is 1. The van der Waals surface area contributed by atoms with Crippen LogP contribution in [0.5, 0.6) is 0 Å². The van der Waals surface area contributed by atoms with Crippen molar-refractivity contribution in [1.29, 1.82) is 0 Å². The summed E-state index contributed by atoms with van der Waals surface area (Å²) in [5.74, 6) is -0.245. The fourth-order valence-corrected chi connectivity index (χ4v) is 2.21. The molecule has 1 aromatic rings. The van der Waals surface area contributed by atoms with Gasteiger partial charge in [0.05, 0.1) is 7.11 Å². The van der Waals surface area contributed by atoms with Crippen LogP contribution in [0.2, 0.25) is 0 Å². The number of hydrogen-bond acceptors (Lipinski definition) is 3. The lowest BCUT2D eigenvalue weighted by molar-refractivity contribution is -0.147. The first-order valence-corrected chi connectivity index (χ1v) is 6.70. The molecule has 0 saturated carbocycles. The van der Waals surface area contributed by atoms with Crippen LogP contribution < -0.4 is 5.73 Å². The molecule has 2 N–H and O–H groups in total. The Morgan fingerprint density at radius 1 is 1.16 bits per heavy atom. The highest BCUT2D eigenvalue weighted by atomic mass is 16.5. The molecular weight excluding hydrogens is 238 g/mol. The molecule has 3 heteroatoms. The van der Waals surface area contributed by atoms with Crippen LogP contribution in [0.4, 0.5) is 0 Å². The van der Waals surface area contributed by atoms with Gasteiger partial charge in [-0.15, -0.1) is 0 Å². The smallest absolute Gasteiger partial charge is 0.317 e. The summed E-state index contributed by atoms with van der Waals surface area (Å²) in [6.07, 6.45) is 1.61. The zero-order valence-electron chi connectivity index (χ0n) is 12.4. The number of benzene rings is 1. The van der Waals surface area contributed by atoms with Crippen LogP contribution in [-0.2, 0) is 14.9 Å². The fraction of sp³-hybridized carbons (Fsp3) is 0.562. The van der Waals surface area contributed by atoms with Gasteiger partial charge < -0.3 is 10.5 Å². The first-order chi connectivity index (χ1) is 8.85. The average molecular weight is 263 g/mol. The summed E-state index contributed by atoms with van der Waals surface area (Å²) in [5.41, 5.74) is 6.31. The lowest BCUT2D eigenvalue weighted by atomic mass is 9.73. The molecule has 19 heavy (non-hydrogen) atoms. The molecule has 1 aromatic carbocycles. The van der Waals surface area contributed by atoms with E-state index in [4.69, 9.17) is 10.5 Å². The number of carbonyl (C=O) groups excluding carboxylic acids is 1. The minimum atomic E-state index is -0.733. The number of ether oxygens (including phenoxy) is 1. The molecule has 0 aliphatic rings. The lowest BCUT2D eigenvalue weighted by Crippen LogP contribution is -2.44. The van der Waals surface area contributed by atoms with Gasteiger partial charge in [0.1, 0.15) is 5.41 Å². The van der Waals surface area contributed by atoms with Gasteiger partial charge in [0, 0.05) is 6.54 Å². The molecular formula is C16H25NO2. The molecule has 0 aliphatic carbocycles. The van der Waals surface area contributed by atoms with Crippen LogP contribution in [0.3, 0.4) is 0 Å². The van der Waals surface area contributed by atoms with E-state index in [1.807, 2.05) is 30.3 Å². The van der Waals surface area contributed by atoms with E-state index in [2.05, 4.69) is 20.8 Å². The second kappa shape index (κ2) is 6.20. The van der Waals surface area contributed by atoms with Crippen LogP contribution in [0, 0.1) is 5.41 Å². The van der Waals surface area contributed by atoms with Gasteiger partial charge in [0.15, 0.2) is 0 Å². The maximum atomic E-state index is 12.3. The van der Waals surface area contributed by atoms with Gasteiger partial charge in [-0.05, 0) is 23.8 Å². The number of rotatable bonds is 5. The summed E-state index contributed by atoms with van der Waals surface area (Å²) >= 11 is 0. The van der Waals surface area contributed by atoms with Crippen molar-refractivity contribution in [1.82, 2.24) is 0 Å². The van der Waals surface area contributed by atoms with Gasteiger partial charge in [-0.1, -0.05) is 51.1 Å². The van der Waals surface area contributed by atoms with Gasteiger partial charge in [0.25, 0.3) is 0 Å². The lowest BCUT2D eigenvalue weighted by Gasteiger charge is -2.32. The van der Waals surface area contributed by atoms with Crippen molar-refractivity contribution in [2.24, 2.45) is 11.1 Å². The zero-order valence-corrected chi connectivity index (χ0v) is 12.4. The van der Waals surface area contributed by atoms with Crippen LogP contribution >= 0.6 is 0 Å². The number of esters is 1. The van der Waals surface area contributed by atoms with Crippen molar-refractivity contribution in [3.63, 3.8) is 0 Å². The molecule has 1 rings (SSSR count). The SMILES string of the molecule is COC(=O)C(CN)(CCC(C)(C)C)c1ccccc1. The topological polar surface area (TPSA) is 52.3 Å². The molecule has 0 heterocycles. The molecule has 0 amide bonds. The summed E-state index contributed by atoms with van der Waals surface area (Å²) in [6, 6.07) is 9.70. The third kappa shape index (κ3) is 3.80. The maximum absolute atomic E-state index is 12.3. The normalized spacial score (nSPS) is 14.8. The van der Waals surface area contributed by atoms with Crippen LogP contribution in [0.25, 0.3) is 0 Å². The monoisotopic (exact) mass is 263 g/mol. The second-order valence-corrected chi connectivity index (χ2v) is 6.20. The first kappa shape index (κ1) is 15.7. The quantitative estimate of drug-likeness (QED) is 0.831. The van der Waals surface area contributed by atoms with Crippen molar-refractivity contribution in [3.05, 3.63) is 35.9 Å². The Morgan fingerprint density at radius 2 is 1.74 bits per heavy atom. The van der Waals surface area contributed by atoms with E-state index < -0.39 is 5.41 Å². The summed E-state index contributed by atoms with van der Waals surface area (Å²) < 4.78 is 5.01. The predicted octanol–water partition coefficient (Wildman–Crippen LogP) is 2.88. The van der Waals surface area contributed by atoms with Gasteiger partial charge in [-0.3, -0.25) is 4.79 Å². The van der Waals surface area contributed by atoms with E-state index in [1.165, 1.54) is 7.11 Å². The maximum Gasteiger partial charge on any atom is 0.317 e. The molecule has 0 bridgehead atoms. The minimum absolute atomic E-state index is 0.156. The van der Waals surface area contributed by atoms with Gasteiger partial charge in [-0.25, -0.2) is 0 Å². The third-order valence-electron chi connectivity index (χ3n) is 3.55. The Balaban J connectivity index is 3.12. The van der Waals surface area contributed by atoms with E-state index in [0.29, 0.717) is 6.42 Å². The van der Waals surface area contributed by atoms with Crippen LogP contribution in [-0.4, -0.2) is 19.6 Å². The number of methoxy groups -OCH3 is 1. The Labute approximate surface area is 116 Å². The van der Waals surface area contributed by atoms with Gasteiger partial charge in [0.2, 0.25) is 0 Å². The summed E-state index contributed by atoms with van der Waals surface area (Å²) in [4.78, 5) is 12.3. The first-order valence-electron chi connectivity index (χ1n) is 6.70. The number of nitrogens with two attached hydrogens (primary N) is 1. The van der Waals surface area contributed by atoms with Crippen molar-refractivity contribution in [2.45, 2.75) is 39.0 Å². The van der Waals surface area contributed by atoms with E-state index in [0.717, 1.165) is 12.0 Å². The Kier molecular flexibility index (Phi) is 5.12. The molecule has 106 valence electrons. The second-order valence-electron chi connectivity index (χ2n) is 6.20. The van der Waals surface area contributed by atoms with Gasteiger partial charge in [-0.2, -0.15) is 0 Å². The van der Waals surface area contributed by atoms with Crippen LogP contribution in [0.15, 0.2) is 30.3 Å². The Morgan fingerprint density at radius 3 is 2.16 bits per heavy atom. The standard InChI is InChI=1S/C16H25NO2/c1-15(2,3)10-11-16(12-17,14(18)19-4)13-8-6-5-7-9-13/h5-9H,10-12,17H2,1-4H3.